The van der Waals surface area contributed by atoms with Gasteiger partial charge in [-0.1, -0.05) is 11.6 Å². The molecule has 1 N–H and O–H groups in total. The monoisotopic (exact) mass is 196 g/mol. The van der Waals surface area contributed by atoms with Crippen LogP contribution in [0.25, 0.3) is 0 Å². The Labute approximate surface area is 80.7 Å². The van der Waals surface area contributed by atoms with Gasteiger partial charge in [-0.3, -0.25) is 9.59 Å². The Morgan fingerprint density at radius 1 is 1.54 bits per heavy atom. The van der Waals surface area contributed by atoms with Gasteiger partial charge in [0.25, 0.3) is 0 Å². The van der Waals surface area contributed by atoms with E-state index in [-0.39, 0.29) is 16.5 Å². The molecule has 0 aromatic heterocycles. The molecule has 1 rings (SSSR count). The fourth-order valence-corrected chi connectivity index (χ4v) is 1.10. The molecule has 67 valence electrons. The molecule has 0 unspecified atom stereocenters. The van der Waals surface area contributed by atoms with Crippen molar-refractivity contribution in [2.45, 2.75) is 6.92 Å². The number of halogens is 1. The summed E-state index contributed by atoms with van der Waals surface area (Å²) in [7, 11) is 0. The van der Waals surface area contributed by atoms with E-state index in [1.807, 2.05) is 0 Å². The third-order valence-corrected chi connectivity index (χ3v) is 1.71. The van der Waals surface area contributed by atoms with E-state index in [1.54, 1.807) is 12.4 Å². The average Bonchev–Trinajstić information content (AvgIpc) is 2.03. The number of hydrogen-bond donors (Lipinski definition) is 1. The lowest BCUT2D eigenvalue weighted by Crippen LogP contribution is -2.05. The summed E-state index contributed by atoms with van der Waals surface area (Å²) in [5, 5.41) is 2.82. The van der Waals surface area contributed by atoms with Gasteiger partial charge in [0.1, 0.15) is 0 Å². The van der Waals surface area contributed by atoms with Crippen LogP contribution in [-0.4, -0.2) is 12.2 Å². The number of amides is 1. The molecule has 3 nitrogen and oxygen atoms in total. The van der Waals surface area contributed by atoms with Crippen molar-refractivity contribution in [3.05, 3.63) is 28.8 Å². The van der Waals surface area contributed by atoms with Crippen molar-refractivity contribution in [1.82, 2.24) is 0 Å². The Balaban J connectivity index is 2.95. The van der Waals surface area contributed by atoms with Gasteiger partial charge in [0.05, 0.1) is 5.02 Å². The first-order valence-corrected chi connectivity index (χ1v) is 3.96. The summed E-state index contributed by atoms with van der Waals surface area (Å²) in [6, 6.07) is 4.59. The van der Waals surface area contributed by atoms with E-state index >= 15 is 0 Å². The molecule has 1 aromatic rings. The van der Waals surface area contributed by atoms with Gasteiger partial charge in [-0.15, -0.1) is 0 Å². The van der Waals surface area contributed by atoms with E-state index < -0.39 is 0 Å². The van der Waals surface area contributed by atoms with Crippen molar-refractivity contribution in [2.24, 2.45) is 0 Å². The molecule has 1 radical (unpaired) electrons. The molecular weight excluding hydrogens is 190 g/mol. The van der Waals surface area contributed by atoms with Crippen LogP contribution in [-0.2, 0) is 9.59 Å². The average molecular weight is 197 g/mol. The van der Waals surface area contributed by atoms with Crippen LogP contribution in [0.15, 0.2) is 18.2 Å². The second kappa shape index (κ2) is 4.05. The zero-order valence-corrected chi connectivity index (χ0v) is 7.68. The third-order valence-electron chi connectivity index (χ3n) is 1.40. The van der Waals surface area contributed by atoms with Crippen LogP contribution in [0.2, 0.25) is 5.02 Å². The highest BCUT2D eigenvalue weighted by Gasteiger charge is 2.01. The summed E-state index contributed by atoms with van der Waals surface area (Å²) in [6.45, 7) is 1.40. The second-order valence-electron chi connectivity index (χ2n) is 2.48. The summed E-state index contributed by atoms with van der Waals surface area (Å²) in [4.78, 5) is 20.9. The van der Waals surface area contributed by atoms with Crippen LogP contribution in [0.5, 0.6) is 0 Å². The topological polar surface area (TPSA) is 46.2 Å². The number of anilines is 1. The van der Waals surface area contributed by atoms with Gasteiger partial charge in [0, 0.05) is 18.2 Å². The van der Waals surface area contributed by atoms with Crippen LogP contribution in [0.3, 0.4) is 0 Å². The molecule has 0 aliphatic carbocycles. The fourth-order valence-electron chi connectivity index (χ4n) is 0.879. The molecule has 0 saturated heterocycles. The molecule has 0 aliphatic heterocycles. The van der Waals surface area contributed by atoms with Crippen LogP contribution >= 0.6 is 11.6 Å². The predicted octanol–water partition coefficient (Wildman–Crippen LogP) is 1.76. The van der Waals surface area contributed by atoms with E-state index in [4.69, 9.17) is 11.6 Å². The number of nitrogens with one attached hydrogen (secondary N) is 1. The molecule has 0 aliphatic rings. The van der Waals surface area contributed by atoms with E-state index in [9.17, 15) is 9.59 Å². The molecular formula is C9H7ClNO2. The van der Waals surface area contributed by atoms with Crippen LogP contribution in [0, 0.1) is 0 Å². The van der Waals surface area contributed by atoms with Crippen molar-refractivity contribution >= 4 is 29.5 Å². The van der Waals surface area contributed by atoms with E-state index in [2.05, 4.69) is 5.32 Å². The zero-order chi connectivity index (χ0) is 9.84. The number of rotatable bonds is 2. The molecule has 0 fully saturated rings. The molecule has 0 bridgehead atoms. The number of hydrogen-bond acceptors (Lipinski definition) is 2. The first-order chi connectivity index (χ1) is 6.13. The number of carbonyl (C=O) groups excluding carboxylic acids is 2. The highest BCUT2D eigenvalue weighted by molar-refractivity contribution is 6.33. The molecule has 0 spiro atoms. The van der Waals surface area contributed by atoms with Crippen molar-refractivity contribution in [3.8, 4) is 0 Å². The van der Waals surface area contributed by atoms with E-state index in [0.29, 0.717) is 5.69 Å². The van der Waals surface area contributed by atoms with Gasteiger partial charge < -0.3 is 5.32 Å². The van der Waals surface area contributed by atoms with Crippen molar-refractivity contribution < 1.29 is 9.59 Å². The van der Waals surface area contributed by atoms with Crippen molar-refractivity contribution in [1.29, 1.82) is 0 Å². The largest absolute Gasteiger partial charge is 0.326 e. The minimum Gasteiger partial charge on any atom is -0.326 e. The van der Waals surface area contributed by atoms with Crippen LogP contribution in [0.1, 0.15) is 12.5 Å². The Morgan fingerprint density at radius 2 is 2.23 bits per heavy atom. The van der Waals surface area contributed by atoms with Gasteiger partial charge in [0.15, 0.2) is 0 Å². The molecule has 0 atom stereocenters. The quantitative estimate of drug-likeness (QED) is 0.784. The van der Waals surface area contributed by atoms with Gasteiger partial charge in [-0.2, -0.15) is 0 Å². The van der Waals surface area contributed by atoms with Gasteiger partial charge in [0.2, 0.25) is 12.2 Å². The van der Waals surface area contributed by atoms with Gasteiger partial charge in [-0.05, 0) is 18.2 Å². The third kappa shape index (κ3) is 2.56. The maximum absolute atomic E-state index is 10.6. The molecule has 13 heavy (non-hydrogen) atoms. The molecule has 1 amide bonds. The lowest BCUT2D eigenvalue weighted by atomic mass is 10.2. The van der Waals surface area contributed by atoms with Gasteiger partial charge in [-0.25, -0.2) is 0 Å². The summed E-state index contributed by atoms with van der Waals surface area (Å²) < 4.78 is 0. The lowest BCUT2D eigenvalue weighted by Gasteiger charge is -2.02. The van der Waals surface area contributed by atoms with Crippen LogP contribution < -0.4 is 5.32 Å². The summed E-state index contributed by atoms with van der Waals surface area (Å²) in [5.74, 6) is -0.182. The Bertz CT molecular complexity index is 349. The van der Waals surface area contributed by atoms with Crippen LogP contribution in [0.4, 0.5) is 5.69 Å². The second-order valence-corrected chi connectivity index (χ2v) is 2.89. The Kier molecular flexibility index (Phi) is 3.03. The van der Waals surface area contributed by atoms with Crippen molar-refractivity contribution in [2.75, 3.05) is 5.32 Å². The normalized spacial score (nSPS) is 9.38. The molecule has 0 saturated carbocycles. The number of carbonyl (C=O) groups is 1. The summed E-state index contributed by atoms with van der Waals surface area (Å²) in [6.07, 6.45) is 1.68. The summed E-state index contributed by atoms with van der Waals surface area (Å²) >= 11 is 5.70. The minimum absolute atomic E-state index is 0.182. The maximum atomic E-state index is 10.6. The van der Waals surface area contributed by atoms with E-state index in [1.165, 1.54) is 19.1 Å². The highest BCUT2D eigenvalue weighted by Crippen LogP contribution is 2.19. The SMILES string of the molecule is CC(=O)Nc1ccc([C]=O)c(Cl)c1. The highest BCUT2D eigenvalue weighted by atomic mass is 35.5. The number of benzene rings is 1. The van der Waals surface area contributed by atoms with E-state index in [0.717, 1.165) is 0 Å². The Morgan fingerprint density at radius 3 is 2.69 bits per heavy atom. The first kappa shape index (κ1) is 9.74. The fraction of sp³-hybridized carbons (Fsp3) is 0.111. The van der Waals surface area contributed by atoms with Crippen molar-refractivity contribution in [3.63, 3.8) is 0 Å². The summed E-state index contributed by atoms with van der Waals surface area (Å²) in [5.41, 5.74) is 0.854. The zero-order valence-electron chi connectivity index (χ0n) is 6.93. The maximum Gasteiger partial charge on any atom is 0.235 e. The minimum atomic E-state index is -0.182. The molecule has 1 aromatic carbocycles. The standard InChI is InChI=1S/C9H7ClNO2/c1-6(13)11-8-3-2-7(5-12)9(10)4-8/h2-4H,1H3,(H,11,13). The predicted molar refractivity (Wildman–Crippen MR) is 50.6 cm³/mol. The smallest absolute Gasteiger partial charge is 0.235 e. The molecule has 4 heteroatoms. The first-order valence-electron chi connectivity index (χ1n) is 3.59. The Hall–Kier alpha value is -1.35. The lowest BCUT2D eigenvalue weighted by molar-refractivity contribution is -0.114. The van der Waals surface area contributed by atoms with Gasteiger partial charge >= 0.3 is 0 Å². The molecule has 0 heterocycles.